The molecule has 2 N–H and O–H groups in total. The van der Waals surface area contributed by atoms with Crippen molar-refractivity contribution >= 4 is 23.0 Å². The van der Waals surface area contributed by atoms with Crippen LogP contribution < -0.4 is 10.4 Å². The minimum Gasteiger partial charge on any atom is -0.309 e. The molecular weight excluding hydrogens is 290 g/mol. The molecule has 2 aromatic carbocycles. The van der Waals surface area contributed by atoms with E-state index in [-0.39, 0.29) is 5.69 Å². The molecule has 0 atom stereocenters. The fourth-order valence-corrected chi connectivity index (χ4v) is 2.31. The molecule has 5 nitrogen and oxygen atoms in total. The maximum atomic E-state index is 11.4. The van der Waals surface area contributed by atoms with Gasteiger partial charge in [0.15, 0.2) is 0 Å². The third-order valence-electron chi connectivity index (χ3n) is 3.37. The molecule has 0 aliphatic rings. The maximum absolute atomic E-state index is 11.4. The van der Waals surface area contributed by atoms with Crippen molar-refractivity contribution in [3.8, 4) is 0 Å². The van der Waals surface area contributed by atoms with Gasteiger partial charge in [-0.1, -0.05) is 36.4 Å². The van der Waals surface area contributed by atoms with Gasteiger partial charge in [-0.2, -0.15) is 0 Å². The van der Waals surface area contributed by atoms with E-state index in [0.29, 0.717) is 0 Å². The normalized spacial score (nSPS) is 10.1. The largest absolute Gasteiger partial charge is 0.309 e. The molecule has 114 valence electrons. The molecule has 0 radical (unpaired) electrons. The van der Waals surface area contributed by atoms with Crippen molar-refractivity contribution in [2.24, 2.45) is 0 Å². The van der Waals surface area contributed by atoms with Crippen LogP contribution in [-0.4, -0.2) is 16.1 Å². The number of benzene rings is 2. The van der Waals surface area contributed by atoms with Gasteiger partial charge in [0.2, 0.25) is 0 Å². The number of nitrogens with one attached hydrogen (secondary N) is 1. The van der Waals surface area contributed by atoms with E-state index in [1.165, 1.54) is 0 Å². The number of hydroxylamine groups is 1. The lowest BCUT2D eigenvalue weighted by Crippen LogP contribution is -2.20. The standard InChI is InChI=1S/C18H15N3O2/c22-18(20-23)17-12-11-16(13-19-17)21(14-7-3-1-4-8-14)15-9-5-2-6-10-15/h1-13,23H,(H,20,22). The monoisotopic (exact) mass is 305 g/mol. The SMILES string of the molecule is O=C(NO)c1ccc(N(c2ccccc2)c2ccccc2)cn1. The minimum absolute atomic E-state index is 0.150. The molecule has 0 spiro atoms. The second kappa shape index (κ2) is 6.72. The zero-order valence-corrected chi connectivity index (χ0v) is 12.3. The number of aromatic nitrogens is 1. The Bertz CT molecular complexity index is 735. The average molecular weight is 305 g/mol. The number of anilines is 3. The number of hydrogen-bond donors (Lipinski definition) is 2. The number of para-hydroxylation sites is 2. The molecular formula is C18H15N3O2. The smallest absolute Gasteiger partial charge is 0.293 e. The molecule has 1 aromatic heterocycles. The van der Waals surface area contributed by atoms with Crippen LogP contribution in [0.25, 0.3) is 0 Å². The molecule has 0 unspecified atom stereocenters. The van der Waals surface area contributed by atoms with E-state index in [2.05, 4.69) is 4.98 Å². The van der Waals surface area contributed by atoms with Crippen molar-refractivity contribution in [1.82, 2.24) is 10.5 Å². The van der Waals surface area contributed by atoms with Crippen molar-refractivity contribution in [3.63, 3.8) is 0 Å². The number of hydrogen-bond acceptors (Lipinski definition) is 4. The summed E-state index contributed by atoms with van der Waals surface area (Å²) in [6, 6.07) is 23.1. The van der Waals surface area contributed by atoms with E-state index >= 15 is 0 Å². The second-order valence-electron chi connectivity index (χ2n) is 4.85. The molecule has 3 rings (SSSR count). The first-order chi connectivity index (χ1) is 11.3. The Morgan fingerprint density at radius 3 is 1.83 bits per heavy atom. The highest BCUT2D eigenvalue weighted by Gasteiger charge is 2.13. The number of nitrogens with zero attached hydrogens (tertiary/aromatic N) is 2. The van der Waals surface area contributed by atoms with Crippen LogP contribution in [0, 0.1) is 0 Å². The lowest BCUT2D eigenvalue weighted by atomic mass is 10.2. The number of pyridine rings is 1. The van der Waals surface area contributed by atoms with E-state index in [1.807, 2.05) is 65.6 Å². The topological polar surface area (TPSA) is 65.5 Å². The lowest BCUT2D eigenvalue weighted by Gasteiger charge is -2.25. The summed E-state index contributed by atoms with van der Waals surface area (Å²) < 4.78 is 0. The first-order valence-electron chi connectivity index (χ1n) is 7.10. The summed E-state index contributed by atoms with van der Waals surface area (Å²) in [5.41, 5.74) is 4.52. The molecule has 1 heterocycles. The van der Waals surface area contributed by atoms with E-state index in [9.17, 15) is 4.79 Å². The summed E-state index contributed by atoms with van der Waals surface area (Å²) in [6.07, 6.45) is 1.60. The van der Waals surface area contributed by atoms with E-state index in [1.54, 1.807) is 23.8 Å². The van der Waals surface area contributed by atoms with Gasteiger partial charge in [0, 0.05) is 11.4 Å². The van der Waals surface area contributed by atoms with Gasteiger partial charge in [-0.3, -0.25) is 10.0 Å². The van der Waals surface area contributed by atoms with Gasteiger partial charge in [0.25, 0.3) is 5.91 Å². The zero-order chi connectivity index (χ0) is 16.1. The van der Waals surface area contributed by atoms with Gasteiger partial charge < -0.3 is 4.90 Å². The number of amides is 1. The van der Waals surface area contributed by atoms with Crippen LogP contribution in [-0.2, 0) is 0 Å². The minimum atomic E-state index is -0.637. The molecule has 0 aliphatic heterocycles. The van der Waals surface area contributed by atoms with Crippen molar-refractivity contribution in [1.29, 1.82) is 0 Å². The molecule has 0 saturated carbocycles. The van der Waals surface area contributed by atoms with Crippen LogP contribution in [0.5, 0.6) is 0 Å². The van der Waals surface area contributed by atoms with Crippen molar-refractivity contribution in [2.45, 2.75) is 0 Å². The van der Waals surface area contributed by atoms with Gasteiger partial charge in [0.1, 0.15) is 5.69 Å². The summed E-state index contributed by atoms with van der Waals surface area (Å²) in [5.74, 6) is -0.637. The third-order valence-corrected chi connectivity index (χ3v) is 3.37. The van der Waals surface area contributed by atoms with Gasteiger partial charge in [-0.25, -0.2) is 10.5 Å². The predicted octanol–water partition coefficient (Wildman–Crippen LogP) is 3.67. The summed E-state index contributed by atoms with van der Waals surface area (Å²) in [5, 5.41) is 8.67. The predicted molar refractivity (Wildman–Crippen MR) is 88.2 cm³/mol. The van der Waals surface area contributed by atoms with Crippen LogP contribution in [0.3, 0.4) is 0 Å². The summed E-state index contributed by atoms with van der Waals surface area (Å²) >= 11 is 0. The highest BCUT2D eigenvalue weighted by atomic mass is 16.5. The van der Waals surface area contributed by atoms with E-state index in [0.717, 1.165) is 17.1 Å². The Morgan fingerprint density at radius 1 is 0.826 bits per heavy atom. The molecule has 5 heteroatoms. The molecule has 1 amide bonds. The Morgan fingerprint density at radius 2 is 1.39 bits per heavy atom. The first kappa shape index (κ1) is 14.7. The third kappa shape index (κ3) is 3.20. The maximum Gasteiger partial charge on any atom is 0.293 e. The zero-order valence-electron chi connectivity index (χ0n) is 12.3. The van der Waals surface area contributed by atoms with Gasteiger partial charge >= 0.3 is 0 Å². The van der Waals surface area contributed by atoms with Gasteiger partial charge in [0.05, 0.1) is 11.9 Å². The lowest BCUT2D eigenvalue weighted by molar-refractivity contribution is 0.0701. The molecule has 23 heavy (non-hydrogen) atoms. The Hall–Kier alpha value is -3.18. The molecule has 3 aromatic rings. The van der Waals surface area contributed by atoms with Crippen LogP contribution in [0.1, 0.15) is 10.5 Å². The summed E-state index contributed by atoms with van der Waals surface area (Å²) in [6.45, 7) is 0. The Kier molecular flexibility index (Phi) is 4.31. The molecule has 0 fully saturated rings. The van der Waals surface area contributed by atoms with Gasteiger partial charge in [-0.15, -0.1) is 0 Å². The summed E-state index contributed by atoms with van der Waals surface area (Å²) in [7, 11) is 0. The first-order valence-corrected chi connectivity index (χ1v) is 7.10. The number of rotatable bonds is 4. The van der Waals surface area contributed by atoms with E-state index in [4.69, 9.17) is 5.21 Å². The molecule has 0 bridgehead atoms. The Balaban J connectivity index is 2.04. The van der Waals surface area contributed by atoms with Crippen LogP contribution in [0.15, 0.2) is 79.0 Å². The quantitative estimate of drug-likeness (QED) is 0.570. The number of carbonyl (C=O) groups excluding carboxylic acids is 1. The molecule has 0 saturated heterocycles. The highest BCUT2D eigenvalue weighted by Crippen LogP contribution is 2.33. The van der Waals surface area contributed by atoms with Crippen molar-refractivity contribution < 1.29 is 10.0 Å². The Labute approximate surface area is 133 Å². The van der Waals surface area contributed by atoms with Crippen LogP contribution in [0.4, 0.5) is 17.1 Å². The van der Waals surface area contributed by atoms with Crippen LogP contribution >= 0.6 is 0 Å². The fourth-order valence-electron chi connectivity index (χ4n) is 2.31. The average Bonchev–Trinajstić information content (AvgIpc) is 2.64. The fraction of sp³-hybridized carbons (Fsp3) is 0. The highest BCUT2D eigenvalue weighted by molar-refractivity contribution is 5.91. The van der Waals surface area contributed by atoms with Crippen molar-refractivity contribution in [2.75, 3.05) is 4.90 Å². The van der Waals surface area contributed by atoms with Crippen LogP contribution in [0.2, 0.25) is 0 Å². The van der Waals surface area contributed by atoms with Gasteiger partial charge in [-0.05, 0) is 36.4 Å². The second-order valence-corrected chi connectivity index (χ2v) is 4.85. The summed E-state index contributed by atoms with van der Waals surface area (Å²) in [4.78, 5) is 17.5. The van der Waals surface area contributed by atoms with E-state index < -0.39 is 5.91 Å². The molecule has 0 aliphatic carbocycles. The van der Waals surface area contributed by atoms with Crippen molar-refractivity contribution in [3.05, 3.63) is 84.7 Å². The number of carbonyl (C=O) groups is 1.